The molecule has 0 saturated heterocycles. The Balaban J connectivity index is 2.23. The molecule has 0 radical (unpaired) electrons. The second kappa shape index (κ2) is 4.14. The van der Waals surface area contributed by atoms with E-state index in [0.29, 0.717) is 11.7 Å². The lowest BCUT2D eigenvalue weighted by atomic mass is 9.97. The minimum Gasteiger partial charge on any atom is -0.363 e. The van der Waals surface area contributed by atoms with Crippen LogP contribution in [-0.2, 0) is 0 Å². The fourth-order valence-electron chi connectivity index (χ4n) is 1.53. The van der Waals surface area contributed by atoms with Crippen LogP contribution in [0.1, 0.15) is 45.4 Å². The van der Waals surface area contributed by atoms with Crippen molar-refractivity contribution < 1.29 is 0 Å². The highest BCUT2D eigenvalue weighted by Gasteiger charge is 2.28. The monoisotopic (exact) mass is 236 g/mol. The van der Waals surface area contributed by atoms with Crippen LogP contribution in [0.15, 0.2) is 10.9 Å². The number of nitrogens with zero attached hydrogens (tertiary/aromatic N) is 1. The number of aromatic amines is 1. The number of rotatable bonds is 4. The van der Waals surface area contributed by atoms with Crippen molar-refractivity contribution in [3.8, 4) is 0 Å². The van der Waals surface area contributed by atoms with Gasteiger partial charge in [0.15, 0.2) is 0 Å². The molecule has 1 aromatic heterocycles. The molecule has 1 aromatic rings. The zero-order valence-electron chi connectivity index (χ0n) is 10.6. The van der Waals surface area contributed by atoms with Crippen molar-refractivity contribution in [3.63, 3.8) is 0 Å². The maximum absolute atomic E-state index is 11.5. The van der Waals surface area contributed by atoms with Gasteiger partial charge in [-0.2, -0.15) is 0 Å². The quantitative estimate of drug-likeness (QED) is 0.733. The van der Waals surface area contributed by atoms with Crippen LogP contribution in [0.3, 0.4) is 0 Å². The standard InChI is InChI=1S/C12H20N4O/c1-7(13)12(2,3)16-9-6-10(17)15-11(14-9)8-4-5-8/h6-8H,4-5,13H2,1-3H3,(H2,14,15,16,17). The third kappa shape index (κ3) is 2.85. The van der Waals surface area contributed by atoms with Crippen LogP contribution < -0.4 is 16.6 Å². The Labute approximate surface area is 101 Å². The van der Waals surface area contributed by atoms with E-state index in [2.05, 4.69) is 15.3 Å². The van der Waals surface area contributed by atoms with Crippen molar-refractivity contribution in [2.45, 2.75) is 51.1 Å². The van der Waals surface area contributed by atoms with E-state index in [4.69, 9.17) is 5.73 Å². The fraction of sp³-hybridized carbons (Fsp3) is 0.667. The van der Waals surface area contributed by atoms with Crippen molar-refractivity contribution in [1.82, 2.24) is 9.97 Å². The van der Waals surface area contributed by atoms with E-state index in [0.717, 1.165) is 18.7 Å². The number of nitrogens with one attached hydrogen (secondary N) is 2. The topological polar surface area (TPSA) is 83.8 Å². The van der Waals surface area contributed by atoms with Crippen LogP contribution in [0.25, 0.3) is 0 Å². The van der Waals surface area contributed by atoms with Gasteiger partial charge in [0, 0.05) is 23.6 Å². The van der Waals surface area contributed by atoms with Crippen molar-refractivity contribution in [3.05, 3.63) is 22.2 Å². The molecule has 0 aliphatic heterocycles. The minimum absolute atomic E-state index is 0.0343. The largest absolute Gasteiger partial charge is 0.363 e. The normalized spacial score (nSPS) is 17.9. The third-order valence-electron chi connectivity index (χ3n) is 3.31. The van der Waals surface area contributed by atoms with Gasteiger partial charge in [-0.1, -0.05) is 0 Å². The second-order valence-corrected chi connectivity index (χ2v) is 5.43. The maximum atomic E-state index is 11.5. The predicted octanol–water partition coefficient (Wildman–Crippen LogP) is 1.18. The molecule has 1 atom stereocenters. The molecule has 94 valence electrons. The van der Waals surface area contributed by atoms with E-state index in [-0.39, 0.29) is 17.1 Å². The summed E-state index contributed by atoms with van der Waals surface area (Å²) in [5.74, 6) is 1.83. The first-order valence-electron chi connectivity index (χ1n) is 6.03. The summed E-state index contributed by atoms with van der Waals surface area (Å²) in [5, 5.41) is 3.23. The Kier molecular flexibility index (Phi) is 2.95. The molecule has 5 nitrogen and oxygen atoms in total. The lowest BCUT2D eigenvalue weighted by Crippen LogP contribution is -2.47. The van der Waals surface area contributed by atoms with Gasteiger partial charge in [-0.25, -0.2) is 4.98 Å². The fourth-order valence-corrected chi connectivity index (χ4v) is 1.53. The van der Waals surface area contributed by atoms with Gasteiger partial charge in [0.2, 0.25) is 0 Å². The first-order valence-corrected chi connectivity index (χ1v) is 6.03. The third-order valence-corrected chi connectivity index (χ3v) is 3.31. The second-order valence-electron chi connectivity index (χ2n) is 5.43. The Morgan fingerprint density at radius 2 is 2.24 bits per heavy atom. The number of aromatic nitrogens is 2. The summed E-state index contributed by atoms with van der Waals surface area (Å²) in [6.07, 6.45) is 2.23. The van der Waals surface area contributed by atoms with Crippen molar-refractivity contribution >= 4 is 5.82 Å². The molecule has 0 spiro atoms. The number of nitrogens with two attached hydrogens (primary N) is 1. The van der Waals surface area contributed by atoms with E-state index in [1.807, 2.05) is 20.8 Å². The summed E-state index contributed by atoms with van der Waals surface area (Å²) in [7, 11) is 0. The number of H-pyrrole nitrogens is 1. The van der Waals surface area contributed by atoms with Gasteiger partial charge in [0.05, 0.1) is 0 Å². The molecule has 0 bridgehead atoms. The minimum atomic E-state index is -0.290. The number of anilines is 1. The summed E-state index contributed by atoms with van der Waals surface area (Å²) in [6.45, 7) is 5.93. The molecule has 5 heteroatoms. The number of hydrogen-bond acceptors (Lipinski definition) is 4. The van der Waals surface area contributed by atoms with Crippen LogP contribution >= 0.6 is 0 Å². The number of hydrogen-bond donors (Lipinski definition) is 3. The van der Waals surface area contributed by atoms with E-state index < -0.39 is 0 Å². The van der Waals surface area contributed by atoms with E-state index in [1.165, 1.54) is 6.07 Å². The first kappa shape index (κ1) is 12.1. The van der Waals surface area contributed by atoms with Gasteiger partial charge in [-0.05, 0) is 33.6 Å². The Bertz CT molecular complexity index is 460. The predicted molar refractivity (Wildman–Crippen MR) is 68.2 cm³/mol. The molecule has 4 N–H and O–H groups in total. The molecule has 1 saturated carbocycles. The molecular weight excluding hydrogens is 216 g/mol. The highest BCUT2D eigenvalue weighted by Crippen LogP contribution is 2.37. The zero-order chi connectivity index (χ0) is 12.6. The average Bonchev–Trinajstić information content (AvgIpc) is 2.98. The summed E-state index contributed by atoms with van der Waals surface area (Å²) < 4.78 is 0. The SMILES string of the molecule is CC(N)C(C)(C)Nc1cc(=O)[nH]c(C2CC2)n1. The summed E-state index contributed by atoms with van der Waals surface area (Å²) >= 11 is 0. The molecule has 1 aliphatic carbocycles. The smallest absolute Gasteiger partial charge is 0.252 e. The molecule has 1 aliphatic rings. The Hall–Kier alpha value is -1.36. The van der Waals surface area contributed by atoms with Gasteiger partial charge in [-0.3, -0.25) is 4.79 Å². The molecule has 1 heterocycles. The Morgan fingerprint density at radius 3 is 2.76 bits per heavy atom. The van der Waals surface area contributed by atoms with Gasteiger partial charge < -0.3 is 16.0 Å². The van der Waals surface area contributed by atoms with Crippen LogP contribution in [-0.4, -0.2) is 21.5 Å². The zero-order valence-corrected chi connectivity index (χ0v) is 10.6. The van der Waals surface area contributed by atoms with Gasteiger partial charge >= 0.3 is 0 Å². The van der Waals surface area contributed by atoms with Crippen LogP contribution in [0.2, 0.25) is 0 Å². The highest BCUT2D eigenvalue weighted by atomic mass is 16.1. The van der Waals surface area contributed by atoms with Crippen LogP contribution in [0, 0.1) is 0 Å². The van der Waals surface area contributed by atoms with Crippen molar-refractivity contribution in [2.75, 3.05) is 5.32 Å². The summed E-state index contributed by atoms with van der Waals surface area (Å²) in [5.41, 5.74) is 5.49. The highest BCUT2D eigenvalue weighted by molar-refractivity contribution is 5.37. The molecule has 2 rings (SSSR count). The van der Waals surface area contributed by atoms with Gasteiger partial charge in [0.1, 0.15) is 11.6 Å². The van der Waals surface area contributed by atoms with E-state index in [9.17, 15) is 4.79 Å². The average molecular weight is 236 g/mol. The summed E-state index contributed by atoms with van der Waals surface area (Å²) in [4.78, 5) is 18.8. The van der Waals surface area contributed by atoms with E-state index in [1.54, 1.807) is 0 Å². The van der Waals surface area contributed by atoms with Crippen molar-refractivity contribution in [1.29, 1.82) is 0 Å². The first-order chi connectivity index (χ1) is 7.88. The van der Waals surface area contributed by atoms with Gasteiger partial charge in [-0.15, -0.1) is 0 Å². The lowest BCUT2D eigenvalue weighted by Gasteiger charge is -2.30. The molecule has 1 fully saturated rings. The molecule has 17 heavy (non-hydrogen) atoms. The van der Waals surface area contributed by atoms with Gasteiger partial charge in [0.25, 0.3) is 5.56 Å². The molecule has 1 unspecified atom stereocenters. The molecule has 0 amide bonds. The molecular formula is C12H20N4O. The van der Waals surface area contributed by atoms with Crippen LogP contribution in [0.4, 0.5) is 5.82 Å². The van der Waals surface area contributed by atoms with Crippen molar-refractivity contribution in [2.24, 2.45) is 5.73 Å². The maximum Gasteiger partial charge on any atom is 0.252 e. The van der Waals surface area contributed by atoms with E-state index >= 15 is 0 Å². The lowest BCUT2D eigenvalue weighted by molar-refractivity contribution is 0.468. The molecule has 0 aromatic carbocycles. The summed E-state index contributed by atoms with van der Waals surface area (Å²) in [6, 6.07) is 1.45. The Morgan fingerprint density at radius 1 is 1.59 bits per heavy atom. The van der Waals surface area contributed by atoms with Crippen LogP contribution in [0.5, 0.6) is 0 Å².